The summed E-state index contributed by atoms with van der Waals surface area (Å²) in [5, 5.41) is 9.69. The van der Waals surface area contributed by atoms with Crippen molar-refractivity contribution in [1.82, 2.24) is 0 Å². The molecular weight excluding hydrogens is 360 g/mol. The van der Waals surface area contributed by atoms with Crippen molar-refractivity contribution >= 4 is 5.97 Å². The van der Waals surface area contributed by atoms with Crippen LogP contribution >= 0.6 is 0 Å². The minimum atomic E-state index is -0.374. The Bertz CT molecular complexity index is 876. The molecule has 3 heteroatoms. The molecule has 0 saturated heterocycles. The van der Waals surface area contributed by atoms with Gasteiger partial charge in [0.1, 0.15) is 0 Å². The van der Waals surface area contributed by atoms with Gasteiger partial charge in [-0.25, -0.2) is 4.79 Å². The first kappa shape index (κ1) is 21.3. The van der Waals surface area contributed by atoms with Gasteiger partial charge in [0.2, 0.25) is 0 Å². The molecule has 1 saturated carbocycles. The normalized spacial score (nSPS) is 14.6. The van der Waals surface area contributed by atoms with E-state index in [0.29, 0.717) is 17.9 Å². The molecule has 3 rings (SSSR count). The van der Waals surface area contributed by atoms with Crippen LogP contribution in [0.15, 0.2) is 48.6 Å². The maximum absolute atomic E-state index is 11.6. The molecule has 0 radical (unpaired) electrons. The minimum Gasteiger partial charge on any atom is -0.462 e. The molecule has 1 fully saturated rings. The number of aliphatic hydroxyl groups excluding tert-OH is 1. The van der Waals surface area contributed by atoms with Crippen LogP contribution < -0.4 is 0 Å². The molecule has 0 unspecified atom stereocenters. The molecule has 0 bridgehead atoms. The third-order valence-electron chi connectivity index (χ3n) is 5.97. The van der Waals surface area contributed by atoms with Gasteiger partial charge < -0.3 is 9.84 Å². The maximum atomic E-state index is 11.6. The Morgan fingerprint density at radius 1 is 1.10 bits per heavy atom. The van der Waals surface area contributed by atoms with E-state index < -0.39 is 0 Å². The monoisotopic (exact) mass is 392 g/mol. The first-order valence-electron chi connectivity index (χ1n) is 10.7. The Morgan fingerprint density at radius 2 is 1.86 bits per heavy atom. The molecule has 154 valence electrons. The van der Waals surface area contributed by atoms with Crippen LogP contribution in [0.25, 0.3) is 11.1 Å². The Labute approximate surface area is 174 Å². The highest BCUT2D eigenvalue weighted by Crippen LogP contribution is 2.35. The van der Waals surface area contributed by atoms with Crippen molar-refractivity contribution in [2.24, 2.45) is 0 Å². The number of hydrogen-bond donors (Lipinski definition) is 1. The van der Waals surface area contributed by atoms with Crippen LogP contribution in [0.5, 0.6) is 0 Å². The summed E-state index contributed by atoms with van der Waals surface area (Å²) in [6, 6.07) is 13.0. The maximum Gasteiger partial charge on any atom is 0.333 e. The number of hydrogen-bond acceptors (Lipinski definition) is 3. The third kappa shape index (κ3) is 5.36. The lowest BCUT2D eigenvalue weighted by Crippen LogP contribution is -2.09. The van der Waals surface area contributed by atoms with Crippen LogP contribution in [-0.2, 0) is 22.6 Å². The van der Waals surface area contributed by atoms with Crippen LogP contribution in [0.3, 0.4) is 0 Å². The van der Waals surface area contributed by atoms with E-state index in [1.807, 2.05) is 6.07 Å². The van der Waals surface area contributed by atoms with E-state index in [-0.39, 0.29) is 19.2 Å². The summed E-state index contributed by atoms with van der Waals surface area (Å²) in [6.07, 6.45) is 7.23. The average Bonchev–Trinajstić information content (AvgIpc) is 2.74. The molecule has 3 nitrogen and oxygen atoms in total. The van der Waals surface area contributed by atoms with Crippen LogP contribution in [0.2, 0.25) is 0 Å². The van der Waals surface area contributed by atoms with Gasteiger partial charge in [0, 0.05) is 12.0 Å². The molecule has 0 aliphatic heterocycles. The van der Waals surface area contributed by atoms with Crippen LogP contribution in [0, 0.1) is 6.92 Å². The molecular formula is C26H32O3. The average molecular weight is 393 g/mol. The van der Waals surface area contributed by atoms with Crippen molar-refractivity contribution in [3.05, 3.63) is 70.8 Å². The topological polar surface area (TPSA) is 46.5 Å². The highest BCUT2D eigenvalue weighted by Gasteiger charge is 2.16. The van der Waals surface area contributed by atoms with E-state index in [0.717, 1.165) is 16.7 Å². The Balaban J connectivity index is 1.79. The van der Waals surface area contributed by atoms with Crippen LogP contribution in [0.1, 0.15) is 67.2 Å². The SMILES string of the molecule is C=C(C)C(=O)OCCc1cc(-c2ccc(C3CCCCC3)cc2C)ccc1CO. The number of esters is 1. The van der Waals surface area contributed by atoms with E-state index in [1.54, 1.807) is 6.92 Å². The molecule has 0 heterocycles. The van der Waals surface area contributed by atoms with Crippen LogP contribution in [-0.4, -0.2) is 17.7 Å². The second-order valence-corrected chi connectivity index (χ2v) is 8.22. The zero-order valence-corrected chi connectivity index (χ0v) is 17.7. The summed E-state index contributed by atoms with van der Waals surface area (Å²) < 4.78 is 5.24. The lowest BCUT2D eigenvalue weighted by atomic mass is 9.82. The predicted octanol–water partition coefficient (Wildman–Crippen LogP) is 5.86. The zero-order valence-electron chi connectivity index (χ0n) is 17.7. The van der Waals surface area contributed by atoms with Crippen molar-refractivity contribution in [2.45, 2.75) is 64.9 Å². The second-order valence-electron chi connectivity index (χ2n) is 8.22. The molecule has 0 amide bonds. The van der Waals surface area contributed by atoms with E-state index >= 15 is 0 Å². The lowest BCUT2D eigenvalue weighted by Gasteiger charge is -2.23. The number of aliphatic hydroxyl groups is 1. The van der Waals surface area contributed by atoms with Gasteiger partial charge in [-0.1, -0.05) is 62.2 Å². The van der Waals surface area contributed by atoms with Crippen LogP contribution in [0.4, 0.5) is 0 Å². The predicted molar refractivity (Wildman–Crippen MR) is 118 cm³/mol. The fraction of sp³-hybridized carbons (Fsp3) is 0.423. The van der Waals surface area contributed by atoms with E-state index in [2.05, 4.69) is 43.8 Å². The molecule has 1 N–H and O–H groups in total. The first-order chi connectivity index (χ1) is 14.0. The standard InChI is InChI=1S/C26H32O3/c1-18(2)26(28)29-14-13-22-16-23(9-10-24(22)17-27)25-12-11-21(15-19(25)3)20-7-5-4-6-8-20/h9-12,15-16,20,27H,1,4-8,13-14,17H2,2-3H3. The molecule has 29 heavy (non-hydrogen) atoms. The Morgan fingerprint density at radius 3 is 2.52 bits per heavy atom. The Hall–Kier alpha value is -2.39. The zero-order chi connectivity index (χ0) is 20.8. The van der Waals surface area contributed by atoms with Gasteiger partial charge in [0.15, 0.2) is 0 Å². The molecule has 0 spiro atoms. The van der Waals surface area contributed by atoms with Gasteiger partial charge in [-0.15, -0.1) is 0 Å². The van der Waals surface area contributed by atoms with Crippen molar-refractivity contribution in [3.8, 4) is 11.1 Å². The molecule has 0 atom stereocenters. The Kier molecular flexibility index (Phi) is 7.27. The number of benzene rings is 2. The molecule has 1 aliphatic rings. The lowest BCUT2D eigenvalue weighted by molar-refractivity contribution is -0.138. The fourth-order valence-corrected chi connectivity index (χ4v) is 4.26. The summed E-state index contributed by atoms with van der Waals surface area (Å²) in [7, 11) is 0. The third-order valence-corrected chi connectivity index (χ3v) is 5.97. The van der Waals surface area contributed by atoms with E-state index in [4.69, 9.17) is 4.74 Å². The largest absolute Gasteiger partial charge is 0.462 e. The van der Waals surface area contributed by atoms with E-state index in [1.165, 1.54) is 48.8 Å². The summed E-state index contributed by atoms with van der Waals surface area (Å²) in [6.45, 7) is 7.68. The highest BCUT2D eigenvalue weighted by atomic mass is 16.5. The van der Waals surface area contributed by atoms with Crippen molar-refractivity contribution < 1.29 is 14.6 Å². The van der Waals surface area contributed by atoms with Crippen molar-refractivity contribution in [2.75, 3.05) is 6.61 Å². The molecule has 0 aromatic heterocycles. The number of carbonyl (C=O) groups excluding carboxylic acids is 1. The van der Waals surface area contributed by atoms with Gasteiger partial charge >= 0.3 is 5.97 Å². The molecule has 2 aromatic rings. The number of carbonyl (C=O) groups is 1. The molecule has 2 aromatic carbocycles. The minimum absolute atomic E-state index is 0.0242. The van der Waals surface area contributed by atoms with E-state index in [9.17, 15) is 9.90 Å². The summed E-state index contributed by atoms with van der Waals surface area (Å²) in [4.78, 5) is 11.6. The summed E-state index contributed by atoms with van der Waals surface area (Å²) in [5.41, 5.74) is 7.38. The van der Waals surface area contributed by atoms with Gasteiger partial charge in [0.05, 0.1) is 13.2 Å². The summed E-state index contributed by atoms with van der Waals surface area (Å²) in [5.74, 6) is 0.327. The van der Waals surface area contributed by atoms with Gasteiger partial charge in [0.25, 0.3) is 0 Å². The number of rotatable bonds is 7. The van der Waals surface area contributed by atoms with Crippen molar-refractivity contribution in [3.63, 3.8) is 0 Å². The summed E-state index contributed by atoms with van der Waals surface area (Å²) >= 11 is 0. The van der Waals surface area contributed by atoms with Crippen molar-refractivity contribution in [1.29, 1.82) is 0 Å². The number of ether oxygens (including phenoxy) is 1. The smallest absolute Gasteiger partial charge is 0.333 e. The second kappa shape index (κ2) is 9.89. The quantitative estimate of drug-likeness (QED) is 0.474. The highest BCUT2D eigenvalue weighted by molar-refractivity contribution is 5.86. The van der Waals surface area contributed by atoms with Gasteiger partial charge in [-0.3, -0.25) is 0 Å². The van der Waals surface area contributed by atoms with Gasteiger partial charge in [-0.05, 0) is 66.0 Å². The fourth-order valence-electron chi connectivity index (χ4n) is 4.26. The number of aryl methyl sites for hydroxylation is 1. The molecule has 1 aliphatic carbocycles. The first-order valence-corrected chi connectivity index (χ1v) is 10.7. The van der Waals surface area contributed by atoms with Gasteiger partial charge in [-0.2, -0.15) is 0 Å².